The summed E-state index contributed by atoms with van der Waals surface area (Å²) in [5.74, 6) is 1.12. The van der Waals surface area contributed by atoms with Crippen LogP contribution in [-0.2, 0) is 12.8 Å². The van der Waals surface area contributed by atoms with E-state index in [1.165, 1.54) is 0 Å². The minimum Gasteiger partial charge on any atom is -0.360 e. The maximum Gasteiger partial charge on any atom is 0.278 e. The van der Waals surface area contributed by atoms with E-state index in [0.29, 0.717) is 22.3 Å². The van der Waals surface area contributed by atoms with Gasteiger partial charge in [-0.1, -0.05) is 35.8 Å². The summed E-state index contributed by atoms with van der Waals surface area (Å²) < 4.78 is 5.28. The molecule has 0 spiro atoms. The molecule has 0 saturated carbocycles. The second-order valence-corrected chi connectivity index (χ2v) is 5.62. The number of anilines is 1. The van der Waals surface area contributed by atoms with Crippen LogP contribution >= 0.6 is 11.6 Å². The van der Waals surface area contributed by atoms with Crippen LogP contribution in [0.4, 0.5) is 5.69 Å². The van der Waals surface area contributed by atoms with Crippen LogP contribution in [0.1, 0.15) is 35.2 Å². The number of hydrogen-bond donors (Lipinski definition) is 1. The van der Waals surface area contributed by atoms with Crippen molar-refractivity contribution in [3.63, 3.8) is 0 Å². The summed E-state index contributed by atoms with van der Waals surface area (Å²) in [6.45, 7) is 2.17. The molecular weight excluding hydrogens is 276 g/mol. The Morgan fingerprint density at radius 2 is 2.25 bits per heavy atom. The van der Waals surface area contributed by atoms with Gasteiger partial charge in [0.2, 0.25) is 0 Å². The van der Waals surface area contributed by atoms with Crippen LogP contribution in [0.25, 0.3) is 0 Å². The van der Waals surface area contributed by atoms with Gasteiger partial charge in [-0.2, -0.15) is 0 Å². The van der Waals surface area contributed by atoms with Crippen molar-refractivity contribution >= 4 is 23.2 Å². The molecule has 1 aliphatic carbocycles. The van der Waals surface area contributed by atoms with Gasteiger partial charge in [-0.15, -0.1) is 0 Å². The van der Waals surface area contributed by atoms with Crippen LogP contribution in [0.15, 0.2) is 28.8 Å². The van der Waals surface area contributed by atoms with E-state index in [1.54, 1.807) is 12.1 Å². The van der Waals surface area contributed by atoms with Gasteiger partial charge in [-0.25, -0.2) is 0 Å². The largest absolute Gasteiger partial charge is 0.360 e. The average molecular weight is 291 g/mol. The molecule has 2 aromatic rings. The molecule has 4 nitrogen and oxygen atoms in total. The molecule has 0 radical (unpaired) electrons. The number of aromatic nitrogens is 1. The van der Waals surface area contributed by atoms with E-state index in [2.05, 4.69) is 17.4 Å². The second kappa shape index (κ2) is 5.29. The summed E-state index contributed by atoms with van der Waals surface area (Å²) >= 11 is 6.04. The molecule has 104 valence electrons. The molecule has 3 rings (SSSR count). The van der Waals surface area contributed by atoms with Crippen molar-refractivity contribution < 1.29 is 9.32 Å². The smallest absolute Gasteiger partial charge is 0.278 e. The van der Waals surface area contributed by atoms with Gasteiger partial charge in [0.05, 0.1) is 10.7 Å². The van der Waals surface area contributed by atoms with Crippen molar-refractivity contribution in [3.8, 4) is 0 Å². The Balaban J connectivity index is 1.85. The zero-order valence-corrected chi connectivity index (χ0v) is 11.9. The highest BCUT2D eigenvalue weighted by Gasteiger charge is 2.27. The van der Waals surface area contributed by atoms with Crippen LogP contribution in [-0.4, -0.2) is 11.1 Å². The summed E-state index contributed by atoms with van der Waals surface area (Å²) in [6.07, 6.45) is 2.76. The average Bonchev–Trinajstić information content (AvgIpc) is 2.84. The molecule has 20 heavy (non-hydrogen) atoms. The van der Waals surface area contributed by atoms with E-state index in [-0.39, 0.29) is 5.91 Å². The Morgan fingerprint density at radius 3 is 3.05 bits per heavy atom. The lowest BCUT2D eigenvalue weighted by Gasteiger charge is -2.16. The second-order valence-electron chi connectivity index (χ2n) is 5.21. The van der Waals surface area contributed by atoms with E-state index in [9.17, 15) is 4.79 Å². The number of fused-ring (bicyclic) bond motifs is 1. The number of nitrogens with one attached hydrogen (secondary N) is 1. The molecule has 0 saturated heterocycles. The Kier molecular flexibility index (Phi) is 3.49. The Morgan fingerprint density at radius 1 is 1.45 bits per heavy atom. The van der Waals surface area contributed by atoms with Gasteiger partial charge in [-0.3, -0.25) is 4.79 Å². The fourth-order valence-electron chi connectivity index (χ4n) is 2.50. The summed E-state index contributed by atoms with van der Waals surface area (Å²) in [5.41, 5.74) is 1.90. The Hall–Kier alpha value is -1.81. The molecular formula is C15H15ClN2O2. The van der Waals surface area contributed by atoms with Crippen LogP contribution in [0, 0.1) is 5.92 Å². The molecule has 5 heteroatoms. The van der Waals surface area contributed by atoms with Gasteiger partial charge in [0, 0.05) is 12.0 Å². The number of benzene rings is 1. The summed E-state index contributed by atoms with van der Waals surface area (Å²) in [7, 11) is 0. The van der Waals surface area contributed by atoms with Crippen LogP contribution in [0.3, 0.4) is 0 Å². The quantitative estimate of drug-likeness (QED) is 0.917. The van der Waals surface area contributed by atoms with Gasteiger partial charge in [-0.05, 0) is 30.9 Å². The number of amides is 1. The zero-order valence-electron chi connectivity index (χ0n) is 11.1. The van der Waals surface area contributed by atoms with E-state index in [4.69, 9.17) is 16.1 Å². The molecule has 1 aliphatic rings. The number of para-hydroxylation sites is 1. The van der Waals surface area contributed by atoms with Crippen LogP contribution in [0.5, 0.6) is 0 Å². The van der Waals surface area contributed by atoms with E-state index < -0.39 is 0 Å². The number of halogens is 1. The standard InChI is InChI=1S/C15H15ClN2O2/c1-9-6-7-13-10(8-9)14(18-20-13)15(19)17-12-5-3-2-4-11(12)16/h2-5,9H,6-8H2,1H3,(H,17,19)/t9-/m1/s1. The number of rotatable bonds is 2. The van der Waals surface area contributed by atoms with E-state index in [0.717, 1.165) is 30.6 Å². The topological polar surface area (TPSA) is 55.1 Å². The number of aryl methyl sites for hydroxylation is 1. The lowest BCUT2D eigenvalue weighted by molar-refractivity contribution is 0.101. The lowest BCUT2D eigenvalue weighted by Crippen LogP contribution is -2.18. The van der Waals surface area contributed by atoms with Crippen molar-refractivity contribution in [1.29, 1.82) is 0 Å². The molecule has 1 atom stereocenters. The lowest BCUT2D eigenvalue weighted by atomic mass is 9.88. The van der Waals surface area contributed by atoms with Crippen molar-refractivity contribution in [1.82, 2.24) is 5.16 Å². The van der Waals surface area contributed by atoms with Crippen molar-refractivity contribution in [3.05, 3.63) is 46.3 Å². The first-order valence-electron chi connectivity index (χ1n) is 6.68. The maximum atomic E-state index is 12.3. The predicted octanol–water partition coefficient (Wildman–Crippen LogP) is 3.71. The summed E-state index contributed by atoms with van der Waals surface area (Å²) in [6, 6.07) is 7.13. The Labute approximate surface area is 122 Å². The fraction of sp³-hybridized carbons (Fsp3) is 0.333. The third-order valence-corrected chi connectivity index (χ3v) is 3.95. The maximum absolute atomic E-state index is 12.3. The first-order chi connectivity index (χ1) is 9.65. The molecule has 0 bridgehead atoms. The molecule has 1 aromatic heterocycles. The van der Waals surface area contributed by atoms with Crippen LogP contribution in [0.2, 0.25) is 5.02 Å². The predicted molar refractivity (Wildman–Crippen MR) is 77.1 cm³/mol. The van der Waals surface area contributed by atoms with Gasteiger partial charge in [0.15, 0.2) is 5.69 Å². The molecule has 1 amide bonds. The SMILES string of the molecule is C[C@@H]1CCc2onc(C(=O)Nc3ccccc3Cl)c2C1. The highest BCUT2D eigenvalue weighted by molar-refractivity contribution is 6.33. The van der Waals surface area contributed by atoms with Gasteiger partial charge in [0.1, 0.15) is 5.76 Å². The first kappa shape index (κ1) is 13.2. The van der Waals surface area contributed by atoms with Gasteiger partial charge >= 0.3 is 0 Å². The number of carbonyl (C=O) groups excluding carboxylic acids is 1. The van der Waals surface area contributed by atoms with Gasteiger partial charge < -0.3 is 9.84 Å². The molecule has 1 aromatic carbocycles. The molecule has 1 heterocycles. The summed E-state index contributed by atoms with van der Waals surface area (Å²) in [4.78, 5) is 12.3. The highest BCUT2D eigenvalue weighted by atomic mass is 35.5. The number of hydrogen-bond acceptors (Lipinski definition) is 3. The van der Waals surface area contributed by atoms with Crippen molar-refractivity contribution in [2.45, 2.75) is 26.2 Å². The third kappa shape index (κ3) is 2.43. The fourth-order valence-corrected chi connectivity index (χ4v) is 2.68. The van der Waals surface area contributed by atoms with E-state index in [1.807, 2.05) is 12.1 Å². The monoisotopic (exact) mass is 290 g/mol. The Bertz CT molecular complexity index is 651. The minimum atomic E-state index is -0.266. The molecule has 1 N–H and O–H groups in total. The van der Waals surface area contributed by atoms with Crippen LogP contribution < -0.4 is 5.32 Å². The molecule has 0 fully saturated rings. The van der Waals surface area contributed by atoms with Gasteiger partial charge in [0.25, 0.3) is 5.91 Å². The minimum absolute atomic E-state index is 0.266. The molecule has 0 aliphatic heterocycles. The number of carbonyl (C=O) groups is 1. The highest BCUT2D eigenvalue weighted by Crippen LogP contribution is 2.29. The van der Waals surface area contributed by atoms with Crippen molar-refractivity contribution in [2.75, 3.05) is 5.32 Å². The zero-order chi connectivity index (χ0) is 14.1. The number of nitrogens with zero attached hydrogens (tertiary/aromatic N) is 1. The molecule has 0 unspecified atom stereocenters. The van der Waals surface area contributed by atoms with E-state index >= 15 is 0 Å². The van der Waals surface area contributed by atoms with Crippen molar-refractivity contribution in [2.24, 2.45) is 5.92 Å². The summed E-state index contributed by atoms with van der Waals surface area (Å²) in [5, 5.41) is 7.22. The third-order valence-electron chi connectivity index (χ3n) is 3.62. The first-order valence-corrected chi connectivity index (χ1v) is 7.06. The normalized spacial score (nSPS) is 17.6.